The van der Waals surface area contributed by atoms with E-state index in [4.69, 9.17) is 11.8 Å². The first-order chi connectivity index (χ1) is 5.77. The van der Waals surface area contributed by atoms with Crippen LogP contribution in [0.5, 0.6) is 0 Å². The molecule has 2 fully saturated rings. The first-order valence-electron chi connectivity index (χ1n) is 4.24. The van der Waals surface area contributed by atoms with Crippen molar-refractivity contribution in [2.75, 3.05) is 38.5 Å². The van der Waals surface area contributed by atoms with Gasteiger partial charge in [-0.1, -0.05) is 0 Å². The van der Waals surface area contributed by atoms with Gasteiger partial charge in [-0.3, -0.25) is 5.09 Å². The smallest absolute Gasteiger partial charge is 0.143 e. The van der Waals surface area contributed by atoms with Gasteiger partial charge in [0.25, 0.3) is 0 Å². The highest BCUT2D eigenvalue weighted by Gasteiger charge is 2.43. The van der Waals surface area contributed by atoms with E-state index in [1.807, 2.05) is 0 Å². The summed E-state index contributed by atoms with van der Waals surface area (Å²) < 4.78 is 4.78. The first kappa shape index (κ1) is 9.44. The van der Waals surface area contributed by atoms with Crippen LogP contribution in [0.3, 0.4) is 0 Å². The van der Waals surface area contributed by atoms with E-state index in [2.05, 4.69) is 27.1 Å². The second-order valence-electron chi connectivity index (χ2n) is 3.08. The zero-order chi connectivity index (χ0) is 8.60. The molecule has 6 heteroatoms. The summed E-state index contributed by atoms with van der Waals surface area (Å²) in [7, 11) is 0. The fourth-order valence-electron chi connectivity index (χ4n) is 1.21. The third-order valence-electron chi connectivity index (χ3n) is 2.04. The van der Waals surface area contributed by atoms with Crippen molar-refractivity contribution in [3.63, 3.8) is 0 Å². The maximum atomic E-state index is 5.66. The van der Waals surface area contributed by atoms with Crippen molar-refractivity contribution in [3.8, 4) is 0 Å². The minimum Gasteiger partial charge on any atom is -0.264 e. The Morgan fingerprint density at radius 3 is 2.08 bits per heavy atom. The van der Waals surface area contributed by atoms with E-state index < -0.39 is 6.49 Å². The minimum absolute atomic E-state index is 0.875. The van der Waals surface area contributed by atoms with Crippen LogP contribution in [0.1, 0.15) is 0 Å². The van der Waals surface area contributed by atoms with Gasteiger partial charge >= 0.3 is 0 Å². The van der Waals surface area contributed by atoms with Crippen molar-refractivity contribution in [1.82, 2.24) is 14.4 Å². The summed E-state index contributed by atoms with van der Waals surface area (Å²) >= 11 is 9.84. The molecule has 0 aromatic rings. The van der Waals surface area contributed by atoms with Crippen molar-refractivity contribution < 1.29 is 0 Å². The van der Waals surface area contributed by atoms with Gasteiger partial charge in [0.05, 0.1) is 0 Å². The van der Waals surface area contributed by atoms with E-state index in [1.165, 1.54) is 26.2 Å². The van der Waals surface area contributed by atoms with Crippen LogP contribution in [0.15, 0.2) is 0 Å². The zero-order valence-electron chi connectivity index (χ0n) is 6.94. The molecular weight excluding hydrogens is 209 g/mol. The molecule has 2 aliphatic rings. The van der Waals surface area contributed by atoms with Crippen LogP contribution in [0, 0.1) is 0 Å². The lowest BCUT2D eigenvalue weighted by Crippen LogP contribution is -2.22. The fraction of sp³-hybridized carbons (Fsp3) is 1.00. The number of hydrogen-bond acceptors (Lipinski definition) is 2. The molecule has 1 N–H and O–H groups in total. The summed E-state index contributed by atoms with van der Waals surface area (Å²) in [5.41, 5.74) is 0. The molecule has 0 spiro atoms. The highest BCUT2D eigenvalue weighted by molar-refractivity contribution is 8.11. The molecule has 0 radical (unpaired) electrons. The van der Waals surface area contributed by atoms with Gasteiger partial charge in [-0.2, -0.15) is 12.6 Å². The number of rotatable bonds is 5. The van der Waals surface area contributed by atoms with Crippen molar-refractivity contribution >= 4 is 30.9 Å². The summed E-state index contributed by atoms with van der Waals surface area (Å²) in [5.74, 6) is 0.875. The number of nitrogens with zero attached hydrogens (tertiary/aromatic N) is 2. The van der Waals surface area contributed by atoms with Crippen LogP contribution < -0.4 is 5.09 Å². The van der Waals surface area contributed by atoms with Crippen LogP contribution in [0.25, 0.3) is 0 Å². The Kier molecular flexibility index (Phi) is 2.80. The molecule has 12 heavy (non-hydrogen) atoms. The molecule has 3 nitrogen and oxygen atoms in total. The number of nitrogens with one attached hydrogen (secondary N) is 1. The summed E-state index contributed by atoms with van der Waals surface area (Å²) in [6.45, 7) is 4.23. The Bertz CT molecular complexity index is 199. The lowest BCUT2D eigenvalue weighted by Gasteiger charge is -2.25. The van der Waals surface area contributed by atoms with Crippen molar-refractivity contribution in [2.45, 2.75) is 0 Å². The molecule has 0 atom stereocenters. The van der Waals surface area contributed by atoms with Gasteiger partial charge in [-0.05, 0) is 11.8 Å². The normalized spacial score (nSPS) is 24.4. The third kappa shape index (κ3) is 1.86. The Balaban J connectivity index is 1.95. The number of thiol groups is 1. The van der Waals surface area contributed by atoms with E-state index in [1.54, 1.807) is 0 Å². The highest BCUT2D eigenvalue weighted by Crippen LogP contribution is 2.56. The molecule has 70 valence electrons. The maximum Gasteiger partial charge on any atom is 0.143 e. The predicted molar refractivity (Wildman–Crippen MR) is 59.3 cm³/mol. The second-order valence-corrected chi connectivity index (χ2v) is 7.59. The monoisotopic (exact) mass is 223 g/mol. The quantitative estimate of drug-likeness (QED) is 0.398. The van der Waals surface area contributed by atoms with E-state index in [0.717, 1.165) is 12.3 Å². The van der Waals surface area contributed by atoms with Gasteiger partial charge in [0.2, 0.25) is 0 Å². The molecule has 0 unspecified atom stereocenters. The molecule has 0 aromatic heterocycles. The molecule has 0 aliphatic carbocycles. The van der Waals surface area contributed by atoms with Gasteiger partial charge in [-0.15, -0.1) is 0 Å². The lowest BCUT2D eigenvalue weighted by atomic mass is 10.8. The summed E-state index contributed by atoms with van der Waals surface area (Å²) in [4.78, 5) is 0. The van der Waals surface area contributed by atoms with Crippen LogP contribution in [-0.2, 0) is 11.8 Å². The zero-order valence-corrected chi connectivity index (χ0v) is 9.55. The summed E-state index contributed by atoms with van der Waals surface area (Å²) in [6.07, 6.45) is 0. The SMILES string of the molecule is S=P(NCCS)(N1CC1)N1CC1. The van der Waals surface area contributed by atoms with Crippen LogP contribution >= 0.6 is 19.1 Å². The lowest BCUT2D eigenvalue weighted by molar-refractivity contribution is 0.752. The van der Waals surface area contributed by atoms with Gasteiger partial charge in [-0.25, -0.2) is 9.34 Å². The highest BCUT2D eigenvalue weighted by atomic mass is 32.4. The molecular formula is C6H14N3PS2. The largest absolute Gasteiger partial charge is 0.264 e. The van der Waals surface area contributed by atoms with E-state index >= 15 is 0 Å². The fourth-order valence-corrected chi connectivity index (χ4v) is 5.17. The van der Waals surface area contributed by atoms with Crippen molar-refractivity contribution in [2.24, 2.45) is 0 Å². The van der Waals surface area contributed by atoms with Gasteiger partial charge in [0.15, 0.2) is 0 Å². The molecule has 0 bridgehead atoms. The second kappa shape index (κ2) is 3.56. The average molecular weight is 223 g/mol. The Hall–Kier alpha value is 0.880. The number of hydrogen-bond donors (Lipinski definition) is 2. The summed E-state index contributed by atoms with van der Waals surface area (Å²) in [5, 5.41) is 3.47. The Morgan fingerprint density at radius 1 is 1.25 bits per heavy atom. The predicted octanol–water partition coefficient (Wildman–Crippen LogP) is 0.361. The average Bonchev–Trinajstić information content (AvgIpc) is 2.92. The summed E-state index contributed by atoms with van der Waals surface area (Å²) in [6, 6.07) is 0. The van der Waals surface area contributed by atoms with Crippen LogP contribution in [-0.4, -0.2) is 47.8 Å². The Labute approximate surface area is 84.1 Å². The molecule has 2 heterocycles. The first-order valence-corrected chi connectivity index (χ1v) is 7.58. The van der Waals surface area contributed by atoms with Crippen LogP contribution in [0.2, 0.25) is 0 Å². The topological polar surface area (TPSA) is 18.0 Å². The molecule has 2 aliphatic heterocycles. The van der Waals surface area contributed by atoms with Gasteiger partial charge < -0.3 is 0 Å². The van der Waals surface area contributed by atoms with E-state index in [-0.39, 0.29) is 0 Å². The molecule has 2 saturated heterocycles. The standard InChI is InChI=1S/C6H14N3PS2/c11-6-1-7-10(12,8-2-3-8)9-4-5-9/h11H,1-6H2,(H,7,12). The third-order valence-corrected chi connectivity index (χ3v) is 7.01. The van der Waals surface area contributed by atoms with Crippen molar-refractivity contribution in [3.05, 3.63) is 0 Å². The maximum absolute atomic E-state index is 5.66. The minimum atomic E-state index is -1.46. The molecule has 0 saturated carbocycles. The van der Waals surface area contributed by atoms with E-state index in [9.17, 15) is 0 Å². The van der Waals surface area contributed by atoms with E-state index in [0.29, 0.717) is 0 Å². The van der Waals surface area contributed by atoms with Crippen molar-refractivity contribution in [1.29, 1.82) is 0 Å². The Morgan fingerprint density at radius 2 is 1.75 bits per heavy atom. The van der Waals surface area contributed by atoms with Crippen LogP contribution in [0.4, 0.5) is 0 Å². The molecule has 0 amide bonds. The van der Waals surface area contributed by atoms with Gasteiger partial charge in [0.1, 0.15) is 6.49 Å². The molecule has 2 rings (SSSR count). The van der Waals surface area contributed by atoms with Gasteiger partial charge in [0, 0.05) is 38.5 Å². The molecule has 0 aromatic carbocycles.